The number of rotatable bonds is 7. The van der Waals surface area contributed by atoms with Gasteiger partial charge in [-0.15, -0.1) is 0 Å². The summed E-state index contributed by atoms with van der Waals surface area (Å²) in [6, 6.07) is 10.3. The Morgan fingerprint density at radius 2 is 1.82 bits per heavy atom. The van der Waals surface area contributed by atoms with Gasteiger partial charge in [-0.3, -0.25) is 15.6 Å². The third-order valence-corrected chi connectivity index (χ3v) is 9.16. The van der Waals surface area contributed by atoms with Crippen LogP contribution in [0.2, 0.25) is 0 Å². The number of carbonyl (C=O) groups excluding carboxylic acids is 1. The van der Waals surface area contributed by atoms with Crippen molar-refractivity contribution < 1.29 is 39.2 Å². The fourth-order valence-electron chi connectivity index (χ4n) is 3.43. The Balaban J connectivity index is 1.79. The van der Waals surface area contributed by atoms with Crippen LogP contribution < -0.4 is 10.2 Å². The zero-order chi connectivity index (χ0) is 29.5. The van der Waals surface area contributed by atoms with Gasteiger partial charge in [0.2, 0.25) is 5.89 Å². The monoisotopic (exact) mass is 659 g/mol. The molecular weight excluding hydrogens is 643 g/mol. The van der Waals surface area contributed by atoms with Gasteiger partial charge in [0.1, 0.15) is 17.0 Å². The minimum absolute atomic E-state index is 0.142. The predicted molar refractivity (Wildman–Crippen MR) is 143 cm³/mol. The molecule has 0 radical (unpaired) electrons. The van der Waals surface area contributed by atoms with E-state index >= 15 is 0 Å². The average Bonchev–Trinajstić information content (AvgIpc) is 3.32. The summed E-state index contributed by atoms with van der Waals surface area (Å²) in [5, 5.41) is 10.1. The Bertz CT molecular complexity index is 1860. The number of carbonyl (C=O) groups is 1. The first kappa shape index (κ1) is 29.2. The quantitative estimate of drug-likeness (QED) is 0.197. The molecule has 2 aromatic carbocycles. The molecule has 0 bridgehead atoms. The van der Waals surface area contributed by atoms with Gasteiger partial charge in [-0.25, -0.2) is 31.6 Å². The summed E-state index contributed by atoms with van der Waals surface area (Å²) in [5.41, 5.74) is -6.04. The maximum Gasteiger partial charge on any atom is 0.501 e. The van der Waals surface area contributed by atoms with Gasteiger partial charge in [-0.2, -0.15) is 13.2 Å². The molecule has 0 spiro atoms. The van der Waals surface area contributed by atoms with Crippen molar-refractivity contribution in [2.75, 3.05) is 16.0 Å². The summed E-state index contributed by atoms with van der Waals surface area (Å²) >= 11 is 3.27. The van der Waals surface area contributed by atoms with Crippen LogP contribution in [0.15, 0.2) is 73.3 Å². The van der Waals surface area contributed by atoms with Crippen molar-refractivity contribution in [3.05, 3.63) is 59.1 Å². The second kappa shape index (κ2) is 10.6. The highest BCUT2D eigenvalue weighted by Gasteiger charge is 2.47. The van der Waals surface area contributed by atoms with E-state index in [4.69, 9.17) is 9.83 Å². The molecule has 40 heavy (non-hydrogen) atoms. The summed E-state index contributed by atoms with van der Waals surface area (Å²) in [6.45, 7) is 1.37. The van der Waals surface area contributed by atoms with E-state index < -0.39 is 42.0 Å². The number of alkyl halides is 3. The molecule has 4 aromatic rings. The average molecular weight is 660 g/mol. The summed E-state index contributed by atoms with van der Waals surface area (Å²) in [5.74, 6) is -0.971. The van der Waals surface area contributed by atoms with Gasteiger partial charge in [0, 0.05) is 4.47 Å². The molecule has 0 saturated heterocycles. The third-order valence-electron chi connectivity index (χ3n) is 5.42. The van der Waals surface area contributed by atoms with Crippen molar-refractivity contribution >= 4 is 70.6 Å². The number of benzene rings is 2. The Kier molecular flexibility index (Phi) is 7.75. The third kappa shape index (κ3) is 5.57. The number of amides is 2. The summed E-state index contributed by atoms with van der Waals surface area (Å²) < 4.78 is 94.3. The van der Waals surface area contributed by atoms with Crippen molar-refractivity contribution in [3.8, 4) is 11.6 Å². The summed E-state index contributed by atoms with van der Waals surface area (Å²) in [7, 11) is -9.63. The molecule has 0 aliphatic heterocycles. The van der Waals surface area contributed by atoms with Crippen LogP contribution in [-0.2, 0) is 19.7 Å². The van der Waals surface area contributed by atoms with Crippen LogP contribution in [0.5, 0.6) is 0 Å². The van der Waals surface area contributed by atoms with Gasteiger partial charge in [0.15, 0.2) is 15.4 Å². The smallest absolute Gasteiger partial charge is 0.435 e. The molecule has 210 valence electrons. The Hall–Kier alpha value is -3.83. The molecule has 0 unspecified atom stereocenters. The first-order chi connectivity index (χ1) is 18.7. The number of halogens is 4. The topological polar surface area (TPSA) is 163 Å². The molecule has 2 aromatic heterocycles. The molecule has 2 heterocycles. The minimum atomic E-state index is -5.68. The van der Waals surface area contributed by atoms with Gasteiger partial charge in [0.05, 0.1) is 27.6 Å². The molecule has 4 rings (SSSR count). The molecule has 11 nitrogen and oxygen atoms in total. The van der Waals surface area contributed by atoms with E-state index in [9.17, 15) is 34.8 Å². The molecule has 0 atom stereocenters. The van der Waals surface area contributed by atoms with E-state index in [1.807, 2.05) is 0 Å². The van der Waals surface area contributed by atoms with Gasteiger partial charge in [0.25, 0.3) is 9.84 Å². The number of hydrogen-bond donors (Lipinski definition) is 2. The van der Waals surface area contributed by atoms with Crippen molar-refractivity contribution in [1.29, 1.82) is 5.41 Å². The fourth-order valence-corrected chi connectivity index (χ4v) is 5.61. The standard InChI is InChI=1S/C23H17BrF3N5O6S2/c1-2-39(34,35)18-8-9-19(31-22(33)32(12-28)14-5-3-4-13(24)10-14)30-20(18)21-29-16-11-15(6-7-17(16)38-21)40(36,37)23(25,26)27/h3-12,28H,2H2,1H3,(H,30,31,33). The Morgan fingerprint density at radius 1 is 1.10 bits per heavy atom. The number of urea groups is 1. The number of pyridine rings is 1. The van der Waals surface area contributed by atoms with E-state index in [0.29, 0.717) is 22.3 Å². The first-order valence-electron chi connectivity index (χ1n) is 11.0. The fraction of sp³-hybridized carbons (Fsp3) is 0.130. The van der Waals surface area contributed by atoms with E-state index in [1.165, 1.54) is 13.0 Å². The Morgan fingerprint density at radius 3 is 2.45 bits per heavy atom. The van der Waals surface area contributed by atoms with Gasteiger partial charge < -0.3 is 4.42 Å². The normalized spacial score (nSPS) is 12.3. The second-order valence-electron chi connectivity index (χ2n) is 7.95. The van der Waals surface area contributed by atoms with Crippen molar-refractivity contribution in [2.24, 2.45) is 0 Å². The molecule has 17 heteroatoms. The van der Waals surface area contributed by atoms with E-state index in [0.717, 1.165) is 23.4 Å². The molecule has 2 N–H and O–H groups in total. The lowest BCUT2D eigenvalue weighted by molar-refractivity contribution is -0.0436. The van der Waals surface area contributed by atoms with Gasteiger partial charge in [-0.05, 0) is 48.5 Å². The van der Waals surface area contributed by atoms with E-state index in [-0.39, 0.29) is 33.3 Å². The number of anilines is 2. The number of aromatic nitrogens is 2. The van der Waals surface area contributed by atoms with Gasteiger partial charge >= 0.3 is 11.5 Å². The second-order valence-corrected chi connectivity index (χ2v) is 13.1. The van der Waals surface area contributed by atoms with Crippen LogP contribution in [0.1, 0.15) is 6.92 Å². The van der Waals surface area contributed by atoms with Crippen LogP contribution in [0.3, 0.4) is 0 Å². The Labute approximate surface area is 233 Å². The number of nitrogens with zero attached hydrogens (tertiary/aromatic N) is 3. The number of nitrogens with one attached hydrogen (secondary N) is 2. The highest BCUT2D eigenvalue weighted by Crippen LogP contribution is 2.34. The molecule has 0 fully saturated rings. The van der Waals surface area contributed by atoms with E-state index in [1.54, 1.807) is 24.3 Å². The van der Waals surface area contributed by atoms with Crippen LogP contribution in [0.25, 0.3) is 22.7 Å². The highest BCUT2D eigenvalue weighted by atomic mass is 79.9. The molecular formula is C23H17BrF3N5O6S2. The number of fused-ring (bicyclic) bond motifs is 1. The SMILES string of the molecule is CCS(=O)(=O)c1ccc(NC(=O)N(C=N)c2cccc(Br)c2)nc1-c1nc2cc(S(=O)(=O)C(F)(F)F)ccc2o1. The van der Waals surface area contributed by atoms with Crippen molar-refractivity contribution in [2.45, 2.75) is 22.2 Å². The van der Waals surface area contributed by atoms with Gasteiger partial charge in [-0.1, -0.05) is 28.9 Å². The summed E-state index contributed by atoms with van der Waals surface area (Å²) in [6.07, 6.45) is 0.751. The van der Waals surface area contributed by atoms with Crippen LogP contribution in [-0.4, -0.2) is 50.4 Å². The lowest BCUT2D eigenvalue weighted by Gasteiger charge is -2.18. The van der Waals surface area contributed by atoms with Crippen LogP contribution >= 0.6 is 15.9 Å². The number of hydrogen-bond acceptors (Lipinski definition) is 9. The lowest BCUT2D eigenvalue weighted by Crippen LogP contribution is -2.33. The van der Waals surface area contributed by atoms with Crippen LogP contribution in [0, 0.1) is 5.41 Å². The molecule has 0 aliphatic carbocycles. The van der Waals surface area contributed by atoms with Crippen LogP contribution in [0.4, 0.5) is 29.5 Å². The number of oxazole rings is 1. The minimum Gasteiger partial charge on any atom is -0.435 e. The molecule has 0 aliphatic rings. The first-order valence-corrected chi connectivity index (χ1v) is 14.9. The van der Waals surface area contributed by atoms with Crippen molar-refractivity contribution in [1.82, 2.24) is 9.97 Å². The zero-order valence-corrected chi connectivity index (χ0v) is 23.3. The highest BCUT2D eigenvalue weighted by molar-refractivity contribution is 9.10. The largest absolute Gasteiger partial charge is 0.501 e. The maximum absolute atomic E-state index is 13.0. The predicted octanol–water partition coefficient (Wildman–Crippen LogP) is 5.38. The zero-order valence-electron chi connectivity index (χ0n) is 20.1. The van der Waals surface area contributed by atoms with E-state index in [2.05, 4.69) is 31.2 Å². The lowest BCUT2D eigenvalue weighted by atomic mass is 10.3. The summed E-state index contributed by atoms with van der Waals surface area (Å²) in [4.78, 5) is 20.6. The maximum atomic E-state index is 13.0. The number of sulfone groups is 2. The molecule has 2 amide bonds. The molecule has 0 saturated carbocycles. The van der Waals surface area contributed by atoms with Crippen molar-refractivity contribution in [3.63, 3.8) is 0 Å².